The maximum Gasteiger partial charge on any atom is 0.302 e. The van der Waals surface area contributed by atoms with Crippen molar-refractivity contribution in [2.75, 3.05) is 6.61 Å². The Morgan fingerprint density at radius 3 is 2.18 bits per heavy atom. The summed E-state index contributed by atoms with van der Waals surface area (Å²) in [6.07, 6.45) is 2.22. The lowest BCUT2D eigenvalue weighted by Crippen LogP contribution is -2.35. The minimum absolute atomic E-state index is 0.0305. The molecule has 100 valence electrons. The van der Waals surface area contributed by atoms with Crippen LogP contribution >= 0.6 is 0 Å². The summed E-state index contributed by atoms with van der Waals surface area (Å²) in [5, 5.41) is 0. The van der Waals surface area contributed by atoms with E-state index in [4.69, 9.17) is 9.47 Å². The fourth-order valence-corrected chi connectivity index (χ4v) is 1.54. The lowest BCUT2D eigenvalue weighted by Gasteiger charge is -2.29. The van der Waals surface area contributed by atoms with Gasteiger partial charge in [-0.15, -0.1) is 0 Å². The van der Waals surface area contributed by atoms with Gasteiger partial charge < -0.3 is 9.47 Å². The SMILES string of the molecule is CC(=O)OCC(C)(C)OC(C)/C(C)=C/C(C)C. The first-order chi connectivity index (χ1) is 7.64. The van der Waals surface area contributed by atoms with E-state index in [0.717, 1.165) is 0 Å². The molecule has 3 heteroatoms. The predicted molar refractivity (Wildman–Crippen MR) is 69.9 cm³/mol. The van der Waals surface area contributed by atoms with Crippen molar-refractivity contribution in [2.45, 2.75) is 60.2 Å². The number of carbonyl (C=O) groups excluding carboxylic acids is 1. The highest BCUT2D eigenvalue weighted by atomic mass is 16.6. The maximum absolute atomic E-state index is 10.8. The van der Waals surface area contributed by atoms with E-state index < -0.39 is 5.60 Å². The van der Waals surface area contributed by atoms with Gasteiger partial charge in [0.1, 0.15) is 6.61 Å². The molecular formula is C14H26O3. The van der Waals surface area contributed by atoms with Gasteiger partial charge in [-0.1, -0.05) is 19.9 Å². The molecule has 0 aromatic carbocycles. The predicted octanol–water partition coefficient (Wildman–Crippen LogP) is 3.34. The summed E-state index contributed by atoms with van der Waals surface area (Å²) in [5.74, 6) is 0.237. The number of carbonyl (C=O) groups is 1. The quantitative estimate of drug-likeness (QED) is 0.529. The highest BCUT2D eigenvalue weighted by molar-refractivity contribution is 5.65. The van der Waals surface area contributed by atoms with E-state index in [1.54, 1.807) is 0 Å². The number of hydrogen-bond donors (Lipinski definition) is 0. The Morgan fingerprint density at radius 1 is 1.24 bits per heavy atom. The van der Waals surface area contributed by atoms with E-state index >= 15 is 0 Å². The van der Waals surface area contributed by atoms with Gasteiger partial charge in [0.25, 0.3) is 0 Å². The van der Waals surface area contributed by atoms with Crippen LogP contribution in [0.4, 0.5) is 0 Å². The van der Waals surface area contributed by atoms with Crippen LogP contribution < -0.4 is 0 Å². The van der Waals surface area contributed by atoms with Crippen molar-refractivity contribution in [3.8, 4) is 0 Å². The van der Waals surface area contributed by atoms with Crippen LogP contribution in [-0.2, 0) is 14.3 Å². The molecule has 0 saturated carbocycles. The smallest absolute Gasteiger partial charge is 0.302 e. The van der Waals surface area contributed by atoms with E-state index in [0.29, 0.717) is 5.92 Å². The molecule has 0 radical (unpaired) electrons. The second-order valence-corrected chi connectivity index (χ2v) is 5.45. The fourth-order valence-electron chi connectivity index (χ4n) is 1.54. The van der Waals surface area contributed by atoms with Crippen LogP contribution in [0.1, 0.15) is 48.5 Å². The van der Waals surface area contributed by atoms with Crippen molar-refractivity contribution in [3.05, 3.63) is 11.6 Å². The van der Waals surface area contributed by atoms with Crippen LogP contribution in [0.5, 0.6) is 0 Å². The lowest BCUT2D eigenvalue weighted by atomic mass is 10.1. The highest BCUT2D eigenvalue weighted by Gasteiger charge is 2.23. The van der Waals surface area contributed by atoms with Gasteiger partial charge in [-0.25, -0.2) is 0 Å². The summed E-state index contributed by atoms with van der Waals surface area (Å²) in [6, 6.07) is 0. The molecule has 0 spiro atoms. The van der Waals surface area contributed by atoms with Crippen molar-refractivity contribution in [3.63, 3.8) is 0 Å². The molecule has 3 nitrogen and oxygen atoms in total. The first-order valence-electron chi connectivity index (χ1n) is 6.13. The van der Waals surface area contributed by atoms with Gasteiger partial charge in [-0.05, 0) is 39.2 Å². The van der Waals surface area contributed by atoms with Crippen LogP contribution in [0.15, 0.2) is 11.6 Å². The third-order valence-corrected chi connectivity index (χ3v) is 2.36. The Balaban J connectivity index is 4.35. The van der Waals surface area contributed by atoms with Gasteiger partial charge in [-0.3, -0.25) is 4.79 Å². The standard InChI is InChI=1S/C14H26O3/c1-10(2)8-11(3)12(4)17-14(6,7)9-16-13(5)15/h8,10,12H,9H2,1-7H3/b11-8+. The Bertz CT molecular complexity index is 277. The summed E-state index contributed by atoms with van der Waals surface area (Å²) in [5.41, 5.74) is 0.743. The van der Waals surface area contributed by atoms with Crippen LogP contribution in [0, 0.1) is 5.92 Å². The molecule has 0 aromatic heterocycles. The summed E-state index contributed by atoms with van der Waals surface area (Å²) >= 11 is 0. The third-order valence-electron chi connectivity index (χ3n) is 2.36. The fraction of sp³-hybridized carbons (Fsp3) is 0.786. The molecule has 0 amide bonds. The highest BCUT2D eigenvalue weighted by Crippen LogP contribution is 2.18. The minimum Gasteiger partial charge on any atom is -0.463 e. The van der Waals surface area contributed by atoms with E-state index in [1.807, 2.05) is 20.8 Å². The number of rotatable bonds is 6. The maximum atomic E-state index is 10.8. The van der Waals surface area contributed by atoms with Crippen LogP contribution in [0.2, 0.25) is 0 Å². The minimum atomic E-state index is -0.461. The molecule has 0 heterocycles. The molecule has 17 heavy (non-hydrogen) atoms. The number of hydrogen-bond acceptors (Lipinski definition) is 3. The van der Waals surface area contributed by atoms with Crippen molar-refractivity contribution in [1.82, 2.24) is 0 Å². The molecule has 1 unspecified atom stereocenters. The summed E-state index contributed by atoms with van der Waals surface area (Å²) < 4.78 is 10.9. The molecule has 0 aliphatic heterocycles. The van der Waals surface area contributed by atoms with Crippen molar-refractivity contribution in [2.24, 2.45) is 5.92 Å². The molecule has 0 rings (SSSR count). The zero-order valence-electron chi connectivity index (χ0n) is 12.2. The molecule has 0 aliphatic rings. The first-order valence-corrected chi connectivity index (χ1v) is 6.13. The average molecular weight is 242 g/mol. The van der Waals surface area contributed by atoms with Gasteiger partial charge >= 0.3 is 5.97 Å². The van der Waals surface area contributed by atoms with Crippen molar-refractivity contribution in [1.29, 1.82) is 0 Å². The van der Waals surface area contributed by atoms with E-state index in [1.165, 1.54) is 12.5 Å². The number of ether oxygens (including phenoxy) is 2. The van der Waals surface area contributed by atoms with Gasteiger partial charge in [0, 0.05) is 6.92 Å². The monoisotopic (exact) mass is 242 g/mol. The molecule has 0 saturated heterocycles. The molecule has 0 fully saturated rings. The van der Waals surface area contributed by atoms with Gasteiger partial charge in [0.05, 0.1) is 11.7 Å². The number of esters is 1. The molecule has 0 N–H and O–H groups in total. The van der Waals surface area contributed by atoms with Crippen LogP contribution in [0.25, 0.3) is 0 Å². The Kier molecular flexibility index (Phi) is 6.46. The van der Waals surface area contributed by atoms with Gasteiger partial charge in [0.2, 0.25) is 0 Å². The van der Waals surface area contributed by atoms with Gasteiger partial charge in [0.15, 0.2) is 0 Å². The first kappa shape index (κ1) is 16.2. The number of allylic oxidation sites excluding steroid dienone is 1. The topological polar surface area (TPSA) is 35.5 Å². The Hall–Kier alpha value is -0.830. The van der Waals surface area contributed by atoms with Gasteiger partial charge in [-0.2, -0.15) is 0 Å². The zero-order chi connectivity index (χ0) is 13.6. The molecular weight excluding hydrogens is 216 g/mol. The second kappa shape index (κ2) is 6.80. The Morgan fingerprint density at radius 2 is 1.76 bits per heavy atom. The zero-order valence-corrected chi connectivity index (χ0v) is 12.2. The van der Waals surface area contributed by atoms with Crippen LogP contribution in [-0.4, -0.2) is 24.3 Å². The second-order valence-electron chi connectivity index (χ2n) is 5.45. The van der Waals surface area contributed by atoms with Crippen molar-refractivity contribution < 1.29 is 14.3 Å². The molecule has 0 aromatic rings. The average Bonchev–Trinajstić information content (AvgIpc) is 2.13. The summed E-state index contributed by atoms with van der Waals surface area (Å²) in [6.45, 7) is 13.9. The molecule has 1 atom stereocenters. The van der Waals surface area contributed by atoms with E-state index in [-0.39, 0.29) is 18.7 Å². The normalized spacial score (nSPS) is 14.9. The third kappa shape index (κ3) is 7.97. The molecule has 0 aliphatic carbocycles. The van der Waals surface area contributed by atoms with Crippen molar-refractivity contribution >= 4 is 5.97 Å². The van der Waals surface area contributed by atoms with E-state index in [9.17, 15) is 4.79 Å². The van der Waals surface area contributed by atoms with Crippen LogP contribution in [0.3, 0.4) is 0 Å². The van der Waals surface area contributed by atoms with E-state index in [2.05, 4.69) is 26.8 Å². The summed E-state index contributed by atoms with van der Waals surface area (Å²) in [4.78, 5) is 10.8. The lowest BCUT2D eigenvalue weighted by molar-refractivity contribution is -0.153. The summed E-state index contributed by atoms with van der Waals surface area (Å²) in [7, 11) is 0. The Labute approximate surface area is 105 Å². The molecule has 0 bridgehead atoms. The largest absolute Gasteiger partial charge is 0.463 e.